The number of halogens is 3. The first-order chi connectivity index (χ1) is 6.09. The highest BCUT2D eigenvalue weighted by molar-refractivity contribution is 5.21. The van der Waals surface area contributed by atoms with Crippen LogP contribution in [-0.2, 0) is 0 Å². The minimum Gasteiger partial charge on any atom is -0.171 e. The molecule has 1 aromatic rings. The van der Waals surface area contributed by atoms with Crippen molar-refractivity contribution in [1.29, 1.82) is 0 Å². The molecule has 0 saturated heterocycles. The lowest BCUT2D eigenvalue weighted by atomic mass is 10.2. The van der Waals surface area contributed by atoms with Crippen LogP contribution in [0.25, 0.3) is 0 Å². The van der Waals surface area contributed by atoms with Crippen LogP contribution in [-0.4, -0.2) is 16.4 Å². The molecule has 5 heteroatoms. The Morgan fingerprint density at radius 2 is 2.08 bits per heavy atom. The van der Waals surface area contributed by atoms with Gasteiger partial charge in [0.25, 0.3) is 0 Å². The number of nitrogens with zero attached hydrogens (tertiary/aromatic N) is 2. The number of hydrogen-bond donors (Lipinski definition) is 0. The van der Waals surface area contributed by atoms with Gasteiger partial charge in [-0.15, -0.1) is 0 Å². The van der Waals surface area contributed by atoms with Crippen molar-refractivity contribution < 1.29 is 13.2 Å². The molecule has 1 aliphatic carbocycles. The number of aromatic nitrogens is 2. The fraction of sp³-hybridized carbons (Fsp3) is 0.500. The number of hydrogen-bond acceptors (Lipinski definition) is 2. The van der Waals surface area contributed by atoms with E-state index in [0.717, 1.165) is 0 Å². The van der Waals surface area contributed by atoms with Crippen molar-refractivity contribution in [3.8, 4) is 0 Å². The largest absolute Gasteiger partial charge is 0.392 e. The van der Waals surface area contributed by atoms with Gasteiger partial charge >= 0.3 is 6.18 Å². The highest BCUT2D eigenvalue weighted by Gasteiger charge is 2.56. The van der Waals surface area contributed by atoms with Gasteiger partial charge in [-0.1, -0.05) is 0 Å². The highest BCUT2D eigenvalue weighted by atomic mass is 19.4. The van der Waals surface area contributed by atoms with E-state index in [0.29, 0.717) is 5.56 Å². The zero-order chi connectivity index (χ0) is 9.47. The molecule has 1 fully saturated rings. The molecule has 0 aromatic carbocycles. The average molecular weight is 188 g/mol. The maximum atomic E-state index is 12.1. The van der Waals surface area contributed by atoms with Crippen LogP contribution in [0.2, 0.25) is 0 Å². The normalized spacial score (nSPS) is 27.3. The van der Waals surface area contributed by atoms with E-state index in [1.165, 1.54) is 12.4 Å². The Morgan fingerprint density at radius 1 is 1.31 bits per heavy atom. The third-order valence-electron chi connectivity index (χ3n) is 2.25. The molecule has 0 amide bonds. The summed E-state index contributed by atoms with van der Waals surface area (Å²) in [5.41, 5.74) is 0.636. The van der Waals surface area contributed by atoms with Gasteiger partial charge in [-0.05, 0) is 24.0 Å². The Kier molecular flexibility index (Phi) is 1.75. The van der Waals surface area contributed by atoms with Crippen molar-refractivity contribution in [1.82, 2.24) is 10.2 Å². The third-order valence-corrected chi connectivity index (χ3v) is 2.25. The minimum absolute atomic E-state index is 0.190. The van der Waals surface area contributed by atoms with Gasteiger partial charge in [0.2, 0.25) is 0 Å². The second-order valence-electron chi connectivity index (χ2n) is 3.17. The van der Waals surface area contributed by atoms with Gasteiger partial charge in [-0.3, -0.25) is 0 Å². The fourth-order valence-electron chi connectivity index (χ4n) is 1.45. The summed E-state index contributed by atoms with van der Waals surface area (Å²) in [6.45, 7) is 0. The summed E-state index contributed by atoms with van der Waals surface area (Å²) < 4.78 is 36.4. The van der Waals surface area contributed by atoms with Crippen LogP contribution in [0.15, 0.2) is 18.5 Å². The summed E-state index contributed by atoms with van der Waals surface area (Å²) in [4.78, 5) is 0. The molecule has 13 heavy (non-hydrogen) atoms. The summed E-state index contributed by atoms with van der Waals surface area (Å²) in [7, 11) is 0. The summed E-state index contributed by atoms with van der Waals surface area (Å²) in [6.07, 6.45) is -1.05. The zero-order valence-electron chi connectivity index (χ0n) is 6.62. The molecule has 0 N–H and O–H groups in total. The van der Waals surface area contributed by atoms with E-state index in [-0.39, 0.29) is 6.42 Å². The molecule has 1 heterocycles. The molecule has 2 rings (SSSR count). The van der Waals surface area contributed by atoms with Gasteiger partial charge in [0.1, 0.15) is 0 Å². The Morgan fingerprint density at radius 3 is 2.54 bits per heavy atom. The van der Waals surface area contributed by atoms with Gasteiger partial charge in [-0.25, -0.2) is 0 Å². The zero-order valence-corrected chi connectivity index (χ0v) is 6.62. The quantitative estimate of drug-likeness (QED) is 0.674. The smallest absolute Gasteiger partial charge is 0.171 e. The maximum Gasteiger partial charge on any atom is 0.392 e. The van der Waals surface area contributed by atoms with Crippen LogP contribution in [0, 0.1) is 5.92 Å². The van der Waals surface area contributed by atoms with Crippen molar-refractivity contribution in [2.45, 2.75) is 18.5 Å². The van der Waals surface area contributed by atoms with E-state index < -0.39 is 18.0 Å². The molecule has 70 valence electrons. The Balaban J connectivity index is 2.09. The van der Waals surface area contributed by atoms with Crippen molar-refractivity contribution in [2.75, 3.05) is 0 Å². The molecule has 0 bridgehead atoms. The van der Waals surface area contributed by atoms with E-state index in [1.807, 2.05) is 0 Å². The fourth-order valence-corrected chi connectivity index (χ4v) is 1.45. The lowest BCUT2D eigenvalue weighted by molar-refractivity contribution is -0.148. The molecular weight excluding hydrogens is 181 g/mol. The second kappa shape index (κ2) is 2.68. The average Bonchev–Trinajstić information content (AvgIpc) is 2.83. The molecule has 0 spiro atoms. The van der Waals surface area contributed by atoms with E-state index in [1.54, 1.807) is 6.07 Å². The van der Waals surface area contributed by atoms with Gasteiger partial charge in [0.05, 0.1) is 12.1 Å². The molecule has 0 unspecified atom stereocenters. The van der Waals surface area contributed by atoms with Crippen LogP contribution in [0.3, 0.4) is 0 Å². The first-order valence-electron chi connectivity index (χ1n) is 3.92. The van der Waals surface area contributed by atoms with E-state index in [9.17, 15) is 13.2 Å². The monoisotopic (exact) mass is 188 g/mol. The van der Waals surface area contributed by atoms with Crippen molar-refractivity contribution in [3.63, 3.8) is 0 Å². The Labute approximate surface area is 72.8 Å². The summed E-state index contributed by atoms with van der Waals surface area (Å²) >= 11 is 0. The maximum absolute atomic E-state index is 12.1. The first kappa shape index (κ1) is 8.47. The molecule has 1 saturated carbocycles. The molecule has 2 nitrogen and oxygen atoms in total. The van der Waals surface area contributed by atoms with Crippen LogP contribution in [0.5, 0.6) is 0 Å². The molecule has 1 aromatic heterocycles. The van der Waals surface area contributed by atoms with Gasteiger partial charge in [0, 0.05) is 6.20 Å². The van der Waals surface area contributed by atoms with E-state index in [2.05, 4.69) is 10.2 Å². The molecular formula is C8H7F3N2. The molecule has 0 radical (unpaired) electrons. The summed E-state index contributed by atoms with van der Waals surface area (Å²) in [5.74, 6) is -1.56. The van der Waals surface area contributed by atoms with Crippen LogP contribution >= 0.6 is 0 Å². The molecule has 0 aliphatic heterocycles. The van der Waals surface area contributed by atoms with E-state index >= 15 is 0 Å². The lowest BCUT2D eigenvalue weighted by Gasteiger charge is -2.04. The van der Waals surface area contributed by atoms with Crippen LogP contribution < -0.4 is 0 Å². The first-order valence-corrected chi connectivity index (χ1v) is 3.92. The van der Waals surface area contributed by atoms with E-state index in [4.69, 9.17) is 0 Å². The number of rotatable bonds is 1. The number of alkyl halides is 3. The SMILES string of the molecule is FC(F)(F)[C@@H]1C[C@H]1c1ccnnc1. The van der Waals surface area contributed by atoms with Crippen LogP contribution in [0.4, 0.5) is 13.2 Å². The van der Waals surface area contributed by atoms with Crippen molar-refractivity contribution >= 4 is 0 Å². The van der Waals surface area contributed by atoms with Crippen molar-refractivity contribution in [3.05, 3.63) is 24.0 Å². The van der Waals surface area contributed by atoms with Crippen LogP contribution in [0.1, 0.15) is 17.9 Å². The summed E-state index contributed by atoms with van der Waals surface area (Å²) in [5, 5.41) is 7.06. The Hall–Kier alpha value is -1.13. The van der Waals surface area contributed by atoms with Gasteiger partial charge in [-0.2, -0.15) is 23.4 Å². The molecule has 2 atom stereocenters. The van der Waals surface area contributed by atoms with Gasteiger partial charge < -0.3 is 0 Å². The topological polar surface area (TPSA) is 25.8 Å². The third kappa shape index (κ3) is 1.64. The highest BCUT2D eigenvalue weighted by Crippen LogP contribution is 2.55. The lowest BCUT2D eigenvalue weighted by Crippen LogP contribution is -2.11. The minimum atomic E-state index is -4.06. The van der Waals surface area contributed by atoms with Crippen molar-refractivity contribution in [2.24, 2.45) is 5.92 Å². The second-order valence-corrected chi connectivity index (χ2v) is 3.17. The van der Waals surface area contributed by atoms with Gasteiger partial charge in [0.15, 0.2) is 0 Å². The predicted molar refractivity (Wildman–Crippen MR) is 38.9 cm³/mol. The predicted octanol–water partition coefficient (Wildman–Crippen LogP) is 2.14. The standard InChI is InChI=1S/C8H7F3N2/c9-8(10,11)7-3-6(7)5-1-2-12-13-4-5/h1-2,4,6-7H,3H2/t6-,7+/m0/s1. The molecule has 1 aliphatic rings. The Bertz CT molecular complexity index is 296. The summed E-state index contributed by atoms with van der Waals surface area (Å²) in [6, 6.07) is 1.59.